The van der Waals surface area contributed by atoms with Crippen LogP contribution in [0.25, 0.3) is 0 Å². The van der Waals surface area contributed by atoms with Crippen molar-refractivity contribution in [1.29, 1.82) is 0 Å². The number of allylic oxidation sites excluding steroid dienone is 4. The fourth-order valence-corrected chi connectivity index (χ4v) is 5.34. The molecule has 0 radical (unpaired) electrons. The molecular weight excluding hydrogens is 394 g/mol. The van der Waals surface area contributed by atoms with Gasteiger partial charge in [-0.1, -0.05) is 57.1 Å². The van der Waals surface area contributed by atoms with Crippen molar-refractivity contribution >= 4 is 5.91 Å². The molecule has 0 spiro atoms. The minimum atomic E-state index is -0.164. The van der Waals surface area contributed by atoms with Crippen molar-refractivity contribution in [1.82, 2.24) is 5.32 Å². The molecule has 1 N–H and O–H groups in total. The van der Waals surface area contributed by atoms with Gasteiger partial charge in [-0.15, -0.1) is 0 Å². The number of hydrogen-bond donors (Lipinski definition) is 1. The minimum absolute atomic E-state index is 0.120. The predicted molar refractivity (Wildman–Crippen MR) is 135 cm³/mol. The van der Waals surface area contributed by atoms with Gasteiger partial charge in [0.15, 0.2) is 0 Å². The number of nitrogens with one attached hydrogen (secondary N) is 1. The van der Waals surface area contributed by atoms with E-state index in [4.69, 9.17) is 4.74 Å². The van der Waals surface area contributed by atoms with Crippen LogP contribution in [-0.4, -0.2) is 18.1 Å². The van der Waals surface area contributed by atoms with E-state index in [0.717, 1.165) is 43.8 Å². The molecule has 0 saturated heterocycles. The second-order valence-corrected chi connectivity index (χ2v) is 10.1. The van der Waals surface area contributed by atoms with Gasteiger partial charge in [-0.2, -0.15) is 0 Å². The van der Waals surface area contributed by atoms with Crippen LogP contribution in [0, 0.1) is 29.6 Å². The lowest BCUT2D eigenvalue weighted by atomic mass is 9.65. The summed E-state index contributed by atoms with van der Waals surface area (Å²) < 4.78 is 5.79. The Hall–Kier alpha value is -1.82. The summed E-state index contributed by atoms with van der Waals surface area (Å²) in [6.07, 6.45) is 19.0. The zero-order valence-corrected chi connectivity index (χ0v) is 21.3. The molecule has 0 aromatic rings. The zero-order valence-electron chi connectivity index (χ0n) is 21.3. The summed E-state index contributed by atoms with van der Waals surface area (Å²) in [4.78, 5) is 12.9. The third-order valence-corrected chi connectivity index (χ3v) is 7.80. The van der Waals surface area contributed by atoms with Crippen molar-refractivity contribution in [2.24, 2.45) is 11.3 Å². The van der Waals surface area contributed by atoms with Gasteiger partial charge in [-0.3, -0.25) is 4.79 Å². The van der Waals surface area contributed by atoms with Crippen molar-refractivity contribution in [3.05, 3.63) is 29.9 Å². The van der Waals surface area contributed by atoms with Crippen LogP contribution in [-0.2, 0) is 9.53 Å². The number of unbranched alkanes of at least 4 members (excludes halogenated alkanes) is 3. The molecule has 2 aliphatic rings. The predicted octanol–water partition coefficient (Wildman–Crippen LogP) is 7.29. The average Bonchev–Trinajstić information content (AvgIpc) is 3.20. The fourth-order valence-electron chi connectivity index (χ4n) is 5.34. The van der Waals surface area contributed by atoms with E-state index in [1.54, 1.807) is 0 Å². The molecule has 32 heavy (non-hydrogen) atoms. The first kappa shape index (κ1) is 26.4. The number of carbonyl (C=O) groups excluding carboxylic acids is 1. The molecule has 0 aromatic heterocycles. The molecule has 0 aliphatic heterocycles. The van der Waals surface area contributed by atoms with E-state index in [9.17, 15) is 4.79 Å². The Morgan fingerprint density at radius 1 is 1.28 bits per heavy atom. The normalized spacial score (nSPS) is 24.5. The standard InChI is InChI=1S/C29H45NO2/c1-6-9-10-11-12-13-22-32-26-17-14-25(15-18-26)16-19-27(31)30-28(5,7-2)29(8-3)21-20-24(4)23-29/h8,14,17,24H,6-7,9-11,15-16,18-23H2,1-5H3/p+1. The summed E-state index contributed by atoms with van der Waals surface area (Å²) in [6.45, 7) is 11.7. The van der Waals surface area contributed by atoms with Gasteiger partial charge in [0.05, 0.1) is 24.6 Å². The highest BCUT2D eigenvalue weighted by atomic mass is 16.5. The highest BCUT2D eigenvalue weighted by molar-refractivity contribution is 5.77. The Bertz CT molecular complexity index is 725. The van der Waals surface area contributed by atoms with Crippen LogP contribution in [0.4, 0.5) is 0 Å². The highest BCUT2D eigenvalue weighted by Crippen LogP contribution is 2.52. The number of ether oxygens (including phenoxy) is 1. The van der Waals surface area contributed by atoms with Crippen LogP contribution in [0.2, 0.25) is 0 Å². The molecular formula is C29H46NO2+. The first-order chi connectivity index (χ1) is 15.4. The Morgan fingerprint density at radius 3 is 2.69 bits per heavy atom. The van der Waals surface area contributed by atoms with Crippen LogP contribution in [0.3, 0.4) is 0 Å². The van der Waals surface area contributed by atoms with Gasteiger partial charge in [0.2, 0.25) is 5.91 Å². The Labute approximate surface area is 197 Å². The second kappa shape index (κ2) is 13.0. The molecule has 2 aliphatic carbocycles. The van der Waals surface area contributed by atoms with Crippen LogP contribution in [0.5, 0.6) is 0 Å². The first-order valence-corrected chi connectivity index (χ1v) is 13.0. The minimum Gasteiger partial charge on any atom is -0.485 e. The van der Waals surface area contributed by atoms with E-state index in [1.165, 1.54) is 44.1 Å². The van der Waals surface area contributed by atoms with Gasteiger partial charge in [0.25, 0.3) is 0 Å². The van der Waals surface area contributed by atoms with Crippen molar-refractivity contribution in [2.45, 2.75) is 117 Å². The summed E-state index contributed by atoms with van der Waals surface area (Å²) in [7, 11) is 0. The number of amides is 1. The number of hydrogen-bond acceptors (Lipinski definition) is 2. The first-order valence-electron chi connectivity index (χ1n) is 13.0. The molecule has 3 nitrogen and oxygen atoms in total. The van der Waals surface area contributed by atoms with E-state index in [1.807, 2.05) is 0 Å². The maximum absolute atomic E-state index is 12.9. The van der Waals surface area contributed by atoms with E-state index >= 15 is 0 Å². The van der Waals surface area contributed by atoms with Crippen LogP contribution >= 0.6 is 0 Å². The SMILES string of the molecule is C[CH+]C1(C(C)(CC)NC(=O)CCC2=CC=C(OCC#CCCCCC)CC2)CCC(C)C1. The lowest BCUT2D eigenvalue weighted by molar-refractivity contribution is -0.124. The zero-order chi connectivity index (χ0) is 23.5. The molecule has 0 heterocycles. The van der Waals surface area contributed by atoms with Crippen LogP contribution in [0.15, 0.2) is 23.5 Å². The number of rotatable bonds is 12. The lowest BCUT2D eigenvalue weighted by Gasteiger charge is -2.41. The molecule has 3 heteroatoms. The molecule has 2 rings (SSSR count). The second-order valence-electron chi connectivity index (χ2n) is 10.1. The Kier molecular flexibility index (Phi) is 10.8. The average molecular weight is 441 g/mol. The van der Waals surface area contributed by atoms with Crippen LogP contribution < -0.4 is 5.32 Å². The molecule has 1 amide bonds. The summed E-state index contributed by atoms with van der Waals surface area (Å²) in [6, 6.07) is 0. The molecule has 3 atom stereocenters. The van der Waals surface area contributed by atoms with Gasteiger partial charge < -0.3 is 10.1 Å². The van der Waals surface area contributed by atoms with Crippen molar-refractivity contribution in [3.63, 3.8) is 0 Å². The van der Waals surface area contributed by atoms with Gasteiger partial charge >= 0.3 is 0 Å². The molecule has 3 unspecified atom stereocenters. The number of carbonyl (C=O) groups is 1. The van der Waals surface area contributed by atoms with Gasteiger partial charge in [-0.05, 0) is 63.9 Å². The monoisotopic (exact) mass is 440 g/mol. The van der Waals surface area contributed by atoms with E-state index in [0.29, 0.717) is 13.0 Å². The van der Waals surface area contributed by atoms with Crippen molar-refractivity contribution in [2.75, 3.05) is 6.61 Å². The molecule has 178 valence electrons. The molecule has 1 fully saturated rings. The summed E-state index contributed by atoms with van der Waals surface area (Å²) in [5.41, 5.74) is 1.29. The van der Waals surface area contributed by atoms with E-state index in [-0.39, 0.29) is 16.9 Å². The lowest BCUT2D eigenvalue weighted by Crippen LogP contribution is -2.57. The fraction of sp³-hybridized carbons (Fsp3) is 0.724. The van der Waals surface area contributed by atoms with Gasteiger partial charge in [0, 0.05) is 19.3 Å². The highest BCUT2D eigenvalue weighted by Gasteiger charge is 2.56. The largest absolute Gasteiger partial charge is 0.485 e. The Morgan fingerprint density at radius 2 is 2.09 bits per heavy atom. The quantitative estimate of drug-likeness (QED) is 0.197. The van der Waals surface area contributed by atoms with Gasteiger partial charge in [-0.25, -0.2) is 0 Å². The third kappa shape index (κ3) is 7.36. The molecule has 0 aromatic carbocycles. The summed E-state index contributed by atoms with van der Waals surface area (Å²) >= 11 is 0. The smallest absolute Gasteiger partial charge is 0.220 e. The maximum Gasteiger partial charge on any atom is 0.220 e. The third-order valence-electron chi connectivity index (χ3n) is 7.80. The molecule has 0 bridgehead atoms. The van der Waals surface area contributed by atoms with Crippen molar-refractivity contribution < 1.29 is 9.53 Å². The van der Waals surface area contributed by atoms with Crippen LogP contribution in [0.1, 0.15) is 112 Å². The molecule has 1 saturated carbocycles. The van der Waals surface area contributed by atoms with E-state index < -0.39 is 0 Å². The Balaban J connectivity index is 1.79. The maximum atomic E-state index is 12.9. The summed E-state index contributed by atoms with van der Waals surface area (Å²) in [5, 5.41) is 3.45. The van der Waals surface area contributed by atoms with Gasteiger partial charge in [0.1, 0.15) is 12.0 Å². The summed E-state index contributed by atoms with van der Waals surface area (Å²) in [5.74, 6) is 8.23. The van der Waals surface area contributed by atoms with E-state index in [2.05, 4.69) is 70.3 Å². The topological polar surface area (TPSA) is 38.3 Å². The van der Waals surface area contributed by atoms with Crippen molar-refractivity contribution in [3.8, 4) is 11.8 Å².